The third-order valence-electron chi connectivity index (χ3n) is 8.04. The highest BCUT2D eigenvalue weighted by Gasteiger charge is 2.47. The standard InChI is InChI=1S/C33H32ClN5O2/c34-27-15-13-24(14-16-27)20-36-33(41)38-18-17-31(40)39-29(19-23-7-2-1-3-8-23)32(35)37(22-30(38)39)21-26-11-6-10-25-9-4-5-12-28(25)26/h1-16,29-30,35H,17-22H2,(H,36,41)/t29-,30+/m0/s1. The van der Waals surface area contributed by atoms with Crippen molar-refractivity contribution < 1.29 is 9.59 Å². The summed E-state index contributed by atoms with van der Waals surface area (Å²) in [5, 5.41) is 15.3. The number of urea groups is 1. The van der Waals surface area contributed by atoms with Crippen LogP contribution in [0.1, 0.15) is 23.1 Å². The quantitative estimate of drug-likeness (QED) is 0.316. The van der Waals surface area contributed by atoms with Gasteiger partial charge in [0.25, 0.3) is 0 Å². The van der Waals surface area contributed by atoms with Crippen molar-refractivity contribution in [3.05, 3.63) is 119 Å². The molecule has 41 heavy (non-hydrogen) atoms. The summed E-state index contributed by atoms with van der Waals surface area (Å²) in [6.45, 7) is 1.58. The normalized spacial score (nSPS) is 18.9. The maximum absolute atomic E-state index is 13.6. The topological polar surface area (TPSA) is 79.7 Å². The molecule has 8 heteroatoms. The Bertz CT molecular complexity index is 1570. The number of rotatable bonds is 6. The summed E-state index contributed by atoms with van der Waals surface area (Å²) >= 11 is 6.02. The number of carbonyl (C=O) groups is 2. The lowest BCUT2D eigenvalue weighted by molar-refractivity contribution is -0.146. The first-order valence-electron chi connectivity index (χ1n) is 13.9. The molecule has 2 aliphatic rings. The molecule has 4 aromatic carbocycles. The zero-order valence-corrected chi connectivity index (χ0v) is 23.4. The molecule has 208 valence electrons. The predicted molar refractivity (Wildman–Crippen MR) is 162 cm³/mol. The molecule has 0 saturated carbocycles. The van der Waals surface area contributed by atoms with E-state index >= 15 is 0 Å². The monoisotopic (exact) mass is 565 g/mol. The molecule has 0 spiro atoms. The molecule has 6 rings (SSSR count). The zero-order valence-electron chi connectivity index (χ0n) is 22.7. The minimum atomic E-state index is -0.487. The first kappa shape index (κ1) is 26.8. The Morgan fingerprint density at radius 3 is 2.44 bits per heavy atom. The summed E-state index contributed by atoms with van der Waals surface area (Å²) in [5.74, 6) is 0.377. The second-order valence-electron chi connectivity index (χ2n) is 10.6. The number of nitrogens with one attached hydrogen (secondary N) is 2. The maximum atomic E-state index is 13.6. The Morgan fingerprint density at radius 2 is 1.63 bits per heavy atom. The van der Waals surface area contributed by atoms with Gasteiger partial charge in [0.05, 0.1) is 12.6 Å². The molecular weight excluding hydrogens is 534 g/mol. The number of halogens is 1. The lowest BCUT2D eigenvalue weighted by Gasteiger charge is -2.53. The van der Waals surface area contributed by atoms with Gasteiger partial charge in [-0.2, -0.15) is 0 Å². The molecule has 7 nitrogen and oxygen atoms in total. The number of piperazine rings is 1. The molecule has 2 fully saturated rings. The van der Waals surface area contributed by atoms with E-state index in [1.165, 1.54) is 0 Å². The average molecular weight is 566 g/mol. The van der Waals surface area contributed by atoms with E-state index in [4.69, 9.17) is 11.6 Å². The van der Waals surface area contributed by atoms with Gasteiger partial charge in [0.1, 0.15) is 12.0 Å². The Labute approximate surface area is 244 Å². The minimum Gasteiger partial charge on any atom is -0.350 e. The number of benzene rings is 4. The number of carbonyl (C=O) groups excluding carboxylic acids is 2. The molecule has 2 N–H and O–H groups in total. The van der Waals surface area contributed by atoms with E-state index in [0.29, 0.717) is 43.5 Å². The van der Waals surface area contributed by atoms with Gasteiger partial charge in [-0.05, 0) is 39.6 Å². The van der Waals surface area contributed by atoms with Crippen LogP contribution in [0.4, 0.5) is 4.79 Å². The van der Waals surface area contributed by atoms with Crippen molar-refractivity contribution in [2.45, 2.75) is 38.1 Å². The Hall–Kier alpha value is -4.36. The Morgan fingerprint density at radius 1 is 0.902 bits per heavy atom. The fourth-order valence-electron chi connectivity index (χ4n) is 5.95. The van der Waals surface area contributed by atoms with Gasteiger partial charge in [-0.15, -0.1) is 0 Å². The van der Waals surface area contributed by atoms with Gasteiger partial charge in [-0.3, -0.25) is 10.2 Å². The largest absolute Gasteiger partial charge is 0.350 e. The summed E-state index contributed by atoms with van der Waals surface area (Å²) in [7, 11) is 0. The first-order valence-corrected chi connectivity index (χ1v) is 14.3. The summed E-state index contributed by atoms with van der Waals surface area (Å²) in [6.07, 6.45) is 0.250. The van der Waals surface area contributed by atoms with Crippen molar-refractivity contribution in [3.8, 4) is 0 Å². The number of hydrogen-bond donors (Lipinski definition) is 2. The molecule has 0 aliphatic carbocycles. The number of amidine groups is 1. The van der Waals surface area contributed by atoms with Crippen LogP contribution in [0.2, 0.25) is 5.02 Å². The molecule has 2 atom stereocenters. The van der Waals surface area contributed by atoms with E-state index in [9.17, 15) is 15.0 Å². The minimum absolute atomic E-state index is 0.0211. The molecule has 2 saturated heterocycles. The summed E-state index contributed by atoms with van der Waals surface area (Å²) in [6, 6.07) is 31.1. The SMILES string of the molecule is N=C1[C@H](Cc2ccccc2)N2C(=O)CCN(C(=O)NCc3ccc(Cl)cc3)[C@H]2CN1Cc1cccc2ccccc12. The van der Waals surface area contributed by atoms with Crippen molar-refractivity contribution in [2.75, 3.05) is 13.1 Å². The van der Waals surface area contributed by atoms with E-state index in [2.05, 4.69) is 29.6 Å². The number of hydrogen-bond acceptors (Lipinski definition) is 3. The molecule has 4 aromatic rings. The highest BCUT2D eigenvalue weighted by Crippen LogP contribution is 2.30. The van der Waals surface area contributed by atoms with Crippen molar-refractivity contribution in [2.24, 2.45) is 0 Å². The van der Waals surface area contributed by atoms with E-state index < -0.39 is 12.2 Å². The van der Waals surface area contributed by atoms with Gasteiger partial charge in [-0.25, -0.2) is 4.79 Å². The van der Waals surface area contributed by atoms with Crippen LogP contribution in [0.25, 0.3) is 10.8 Å². The smallest absolute Gasteiger partial charge is 0.319 e. The van der Waals surface area contributed by atoms with Crippen LogP contribution in [0.5, 0.6) is 0 Å². The summed E-state index contributed by atoms with van der Waals surface area (Å²) in [4.78, 5) is 32.6. The predicted octanol–water partition coefficient (Wildman–Crippen LogP) is 5.67. The molecule has 0 bridgehead atoms. The summed E-state index contributed by atoms with van der Waals surface area (Å²) < 4.78 is 0. The fourth-order valence-corrected chi connectivity index (χ4v) is 6.08. The molecule has 2 heterocycles. The first-order chi connectivity index (χ1) is 20.0. The zero-order chi connectivity index (χ0) is 28.3. The second kappa shape index (κ2) is 11.6. The molecule has 3 amide bonds. The lowest BCUT2D eigenvalue weighted by Crippen LogP contribution is -2.72. The lowest BCUT2D eigenvalue weighted by atomic mass is 9.96. The second-order valence-corrected chi connectivity index (χ2v) is 11.1. The van der Waals surface area contributed by atoms with E-state index in [-0.39, 0.29) is 18.4 Å². The van der Waals surface area contributed by atoms with Gasteiger partial charge in [0.15, 0.2) is 0 Å². The van der Waals surface area contributed by atoms with Crippen LogP contribution < -0.4 is 5.32 Å². The van der Waals surface area contributed by atoms with Gasteiger partial charge >= 0.3 is 6.03 Å². The number of fused-ring (bicyclic) bond motifs is 2. The Balaban J connectivity index is 1.30. The van der Waals surface area contributed by atoms with Crippen LogP contribution in [0.3, 0.4) is 0 Å². The van der Waals surface area contributed by atoms with Crippen LogP contribution in [0, 0.1) is 5.41 Å². The maximum Gasteiger partial charge on any atom is 0.319 e. The fraction of sp³-hybridized carbons (Fsp3) is 0.242. The van der Waals surface area contributed by atoms with Crippen molar-refractivity contribution in [1.82, 2.24) is 20.0 Å². The van der Waals surface area contributed by atoms with Crippen LogP contribution in [-0.2, 0) is 24.3 Å². The Kier molecular flexibility index (Phi) is 7.61. The third kappa shape index (κ3) is 5.63. The highest BCUT2D eigenvalue weighted by molar-refractivity contribution is 6.30. The van der Waals surface area contributed by atoms with Gasteiger partial charge in [0.2, 0.25) is 5.91 Å². The number of nitrogens with zero attached hydrogens (tertiary/aromatic N) is 3. The number of amides is 3. The molecule has 0 radical (unpaired) electrons. The van der Waals surface area contributed by atoms with Crippen LogP contribution >= 0.6 is 11.6 Å². The van der Waals surface area contributed by atoms with Crippen molar-refractivity contribution in [3.63, 3.8) is 0 Å². The summed E-state index contributed by atoms with van der Waals surface area (Å²) in [5.41, 5.74) is 3.10. The van der Waals surface area contributed by atoms with Crippen molar-refractivity contribution in [1.29, 1.82) is 5.41 Å². The molecular formula is C33H32ClN5O2. The van der Waals surface area contributed by atoms with Crippen LogP contribution in [0.15, 0.2) is 97.1 Å². The van der Waals surface area contributed by atoms with Gasteiger partial charge in [-0.1, -0.05) is 96.5 Å². The van der Waals surface area contributed by atoms with Gasteiger partial charge < -0.3 is 20.0 Å². The average Bonchev–Trinajstić information content (AvgIpc) is 2.99. The van der Waals surface area contributed by atoms with E-state index in [1.54, 1.807) is 21.9 Å². The molecule has 0 aromatic heterocycles. The third-order valence-corrected chi connectivity index (χ3v) is 8.29. The van der Waals surface area contributed by atoms with Gasteiger partial charge in [0, 0.05) is 37.5 Å². The van der Waals surface area contributed by atoms with E-state index in [0.717, 1.165) is 27.5 Å². The van der Waals surface area contributed by atoms with E-state index in [1.807, 2.05) is 65.6 Å². The molecule has 2 aliphatic heterocycles. The molecule has 0 unspecified atom stereocenters. The van der Waals surface area contributed by atoms with Crippen LogP contribution in [-0.4, -0.2) is 57.8 Å². The highest BCUT2D eigenvalue weighted by atomic mass is 35.5. The van der Waals surface area contributed by atoms with Crippen molar-refractivity contribution >= 4 is 40.1 Å².